The maximum absolute atomic E-state index is 8.10. The topological polar surface area (TPSA) is 60.6 Å². The summed E-state index contributed by atoms with van der Waals surface area (Å²) in [6.07, 6.45) is 9.05. The van der Waals surface area contributed by atoms with E-state index in [2.05, 4.69) is 42.0 Å². The van der Waals surface area contributed by atoms with Crippen LogP contribution in [-0.2, 0) is 0 Å². The normalized spacial score (nSPS) is 23.4. The van der Waals surface area contributed by atoms with Gasteiger partial charge >= 0.3 is 0 Å². The molecule has 128 valence electrons. The Balaban J connectivity index is 1.55. The number of hydrogen-bond donors (Lipinski definition) is 2. The molecule has 0 spiro atoms. The Hall–Kier alpha value is -2.27. The van der Waals surface area contributed by atoms with Crippen molar-refractivity contribution in [2.24, 2.45) is 15.9 Å². The van der Waals surface area contributed by atoms with Crippen molar-refractivity contribution in [1.29, 1.82) is 5.41 Å². The summed E-state index contributed by atoms with van der Waals surface area (Å²) in [6.45, 7) is 6.52. The van der Waals surface area contributed by atoms with Crippen molar-refractivity contribution in [2.75, 3.05) is 6.54 Å². The molecule has 1 atom stereocenters. The van der Waals surface area contributed by atoms with Crippen LogP contribution in [0.4, 0.5) is 0 Å². The standard InChI is InChI=1S/C20H22N4S/c1-3-13-10-22-18(19-7-4-12(2)25-19)9-17(13)24-20-8-15(14-5-6-14)16(21)11-23-20/h3-4,7-8,10,14,18,21H,1,5-6,9,11H2,2H3,(H,23,24). The first-order valence-corrected chi connectivity index (χ1v) is 9.51. The van der Waals surface area contributed by atoms with E-state index in [9.17, 15) is 0 Å². The van der Waals surface area contributed by atoms with E-state index in [1.807, 2.05) is 12.3 Å². The summed E-state index contributed by atoms with van der Waals surface area (Å²) < 4.78 is 0. The van der Waals surface area contributed by atoms with Gasteiger partial charge in [-0.15, -0.1) is 11.3 Å². The van der Waals surface area contributed by atoms with E-state index < -0.39 is 0 Å². The number of amidine groups is 1. The molecule has 0 bridgehead atoms. The van der Waals surface area contributed by atoms with Crippen LogP contribution in [0.5, 0.6) is 0 Å². The molecule has 0 radical (unpaired) electrons. The lowest BCUT2D eigenvalue weighted by molar-refractivity contribution is 0.700. The molecule has 1 unspecified atom stereocenters. The lowest BCUT2D eigenvalue weighted by Gasteiger charge is -2.23. The van der Waals surface area contributed by atoms with Crippen molar-refractivity contribution in [2.45, 2.75) is 32.2 Å². The van der Waals surface area contributed by atoms with Crippen molar-refractivity contribution >= 4 is 29.1 Å². The molecule has 1 aromatic heterocycles. The predicted molar refractivity (Wildman–Crippen MR) is 106 cm³/mol. The number of thiophene rings is 1. The Morgan fingerprint density at radius 3 is 2.88 bits per heavy atom. The quantitative estimate of drug-likeness (QED) is 0.832. The van der Waals surface area contributed by atoms with Crippen molar-refractivity contribution in [3.05, 3.63) is 57.5 Å². The van der Waals surface area contributed by atoms with E-state index in [4.69, 9.17) is 10.4 Å². The third kappa shape index (κ3) is 3.42. The molecule has 1 aliphatic carbocycles. The number of allylic oxidation sites excluding steroid dienone is 2. The highest BCUT2D eigenvalue weighted by molar-refractivity contribution is 7.12. The summed E-state index contributed by atoms with van der Waals surface area (Å²) in [5.41, 5.74) is 3.96. The molecular weight excluding hydrogens is 328 g/mol. The predicted octanol–water partition coefficient (Wildman–Crippen LogP) is 4.37. The van der Waals surface area contributed by atoms with Gasteiger partial charge in [-0.1, -0.05) is 12.7 Å². The lowest BCUT2D eigenvalue weighted by atomic mass is 10.0. The van der Waals surface area contributed by atoms with Crippen LogP contribution in [0.3, 0.4) is 0 Å². The number of aliphatic imine (C=N–C) groups is 2. The molecule has 0 aromatic carbocycles. The Morgan fingerprint density at radius 1 is 1.36 bits per heavy atom. The zero-order valence-corrected chi connectivity index (χ0v) is 15.2. The van der Waals surface area contributed by atoms with Gasteiger partial charge in [-0.2, -0.15) is 0 Å². The van der Waals surface area contributed by atoms with Crippen LogP contribution >= 0.6 is 11.3 Å². The van der Waals surface area contributed by atoms with Gasteiger partial charge in [0.2, 0.25) is 0 Å². The van der Waals surface area contributed by atoms with Gasteiger partial charge in [-0.3, -0.25) is 9.98 Å². The number of hydrogen-bond acceptors (Lipinski definition) is 5. The minimum Gasteiger partial charge on any atom is -0.343 e. The van der Waals surface area contributed by atoms with Gasteiger partial charge in [-0.05, 0) is 49.5 Å². The van der Waals surface area contributed by atoms with Crippen molar-refractivity contribution in [3.8, 4) is 0 Å². The SMILES string of the molecule is C=CC1=C(NC2=NCC(=N)C(C3CC3)=C2)CC(c2ccc(C)s2)N=C1. The first kappa shape index (κ1) is 16.2. The number of rotatable bonds is 4. The van der Waals surface area contributed by atoms with Crippen LogP contribution in [0.15, 0.2) is 57.7 Å². The van der Waals surface area contributed by atoms with Gasteiger partial charge in [0, 0.05) is 33.7 Å². The molecular formula is C20H22N4S. The van der Waals surface area contributed by atoms with E-state index in [0.717, 1.165) is 29.1 Å². The first-order chi connectivity index (χ1) is 12.1. The highest BCUT2D eigenvalue weighted by Gasteiger charge is 2.30. The van der Waals surface area contributed by atoms with Crippen LogP contribution in [0.25, 0.3) is 0 Å². The van der Waals surface area contributed by atoms with E-state index in [1.165, 1.54) is 22.6 Å². The summed E-state index contributed by atoms with van der Waals surface area (Å²) in [4.78, 5) is 11.8. The van der Waals surface area contributed by atoms with Crippen molar-refractivity contribution in [3.63, 3.8) is 0 Å². The van der Waals surface area contributed by atoms with E-state index in [1.54, 1.807) is 11.3 Å². The monoisotopic (exact) mass is 350 g/mol. The third-order valence-electron chi connectivity index (χ3n) is 4.79. The molecule has 0 amide bonds. The maximum Gasteiger partial charge on any atom is 0.125 e. The highest BCUT2D eigenvalue weighted by Crippen LogP contribution is 2.38. The minimum absolute atomic E-state index is 0.152. The van der Waals surface area contributed by atoms with Crippen LogP contribution < -0.4 is 5.32 Å². The molecule has 1 aromatic rings. The van der Waals surface area contributed by atoms with E-state index >= 15 is 0 Å². The minimum atomic E-state index is 0.152. The number of nitrogens with zero attached hydrogens (tertiary/aromatic N) is 2. The summed E-state index contributed by atoms with van der Waals surface area (Å²) in [7, 11) is 0. The Bertz CT molecular complexity index is 849. The zero-order valence-electron chi connectivity index (χ0n) is 14.4. The van der Waals surface area contributed by atoms with Gasteiger partial charge in [-0.25, -0.2) is 0 Å². The maximum atomic E-state index is 8.10. The Morgan fingerprint density at radius 2 is 2.20 bits per heavy atom. The fourth-order valence-electron chi connectivity index (χ4n) is 3.24. The average molecular weight is 350 g/mol. The second-order valence-corrected chi connectivity index (χ2v) is 8.08. The molecule has 5 heteroatoms. The third-order valence-corrected chi connectivity index (χ3v) is 5.90. The summed E-state index contributed by atoms with van der Waals surface area (Å²) >= 11 is 1.80. The van der Waals surface area contributed by atoms with Crippen LogP contribution in [0, 0.1) is 18.3 Å². The molecule has 25 heavy (non-hydrogen) atoms. The molecule has 4 rings (SSSR count). The van der Waals surface area contributed by atoms with Crippen molar-refractivity contribution < 1.29 is 0 Å². The molecule has 4 nitrogen and oxygen atoms in total. The van der Waals surface area contributed by atoms with E-state index in [0.29, 0.717) is 18.2 Å². The second-order valence-electron chi connectivity index (χ2n) is 6.76. The van der Waals surface area contributed by atoms with Gasteiger partial charge in [0.1, 0.15) is 5.84 Å². The Labute approximate surface area is 152 Å². The first-order valence-electron chi connectivity index (χ1n) is 8.70. The van der Waals surface area contributed by atoms with Crippen LogP contribution in [0.1, 0.15) is 35.1 Å². The largest absolute Gasteiger partial charge is 0.343 e. The average Bonchev–Trinajstić information content (AvgIpc) is 3.37. The van der Waals surface area contributed by atoms with Crippen LogP contribution in [-0.4, -0.2) is 24.3 Å². The number of aryl methyl sites for hydroxylation is 1. The van der Waals surface area contributed by atoms with E-state index in [-0.39, 0.29) is 6.04 Å². The lowest BCUT2D eigenvalue weighted by Crippen LogP contribution is -2.29. The summed E-state index contributed by atoms with van der Waals surface area (Å²) in [5.74, 6) is 1.44. The molecule has 2 aliphatic heterocycles. The van der Waals surface area contributed by atoms with Crippen molar-refractivity contribution in [1.82, 2.24) is 5.32 Å². The molecule has 3 heterocycles. The highest BCUT2D eigenvalue weighted by atomic mass is 32.1. The van der Waals surface area contributed by atoms with Gasteiger partial charge < -0.3 is 10.7 Å². The number of dihydropyridines is 2. The molecule has 1 saturated carbocycles. The smallest absolute Gasteiger partial charge is 0.125 e. The Kier molecular flexibility index (Phi) is 4.25. The van der Waals surface area contributed by atoms with Crippen LogP contribution in [0.2, 0.25) is 0 Å². The van der Waals surface area contributed by atoms with Gasteiger partial charge in [0.05, 0.1) is 18.3 Å². The van der Waals surface area contributed by atoms with Gasteiger partial charge in [0.15, 0.2) is 0 Å². The molecule has 0 saturated heterocycles. The summed E-state index contributed by atoms with van der Waals surface area (Å²) in [6, 6.07) is 4.47. The second kappa shape index (κ2) is 6.56. The fourth-order valence-corrected chi connectivity index (χ4v) is 4.17. The molecule has 2 N–H and O–H groups in total. The zero-order chi connectivity index (χ0) is 17.4. The van der Waals surface area contributed by atoms with Gasteiger partial charge in [0.25, 0.3) is 0 Å². The molecule has 1 fully saturated rings. The number of nitrogens with one attached hydrogen (secondary N) is 2. The summed E-state index contributed by atoms with van der Waals surface area (Å²) in [5, 5.41) is 11.6. The fraction of sp³-hybridized carbons (Fsp3) is 0.350. The molecule has 3 aliphatic rings.